The zero-order valence-corrected chi connectivity index (χ0v) is 9.15. The quantitative estimate of drug-likeness (QED) is 0.766. The predicted octanol–water partition coefficient (Wildman–Crippen LogP) is 0.220. The maximum Gasteiger partial charge on any atom is 0.344 e. The highest BCUT2D eigenvalue weighted by atomic mass is 32.1. The zero-order valence-electron chi connectivity index (χ0n) is 8.34. The van der Waals surface area contributed by atoms with E-state index in [9.17, 15) is 4.79 Å². The van der Waals surface area contributed by atoms with Gasteiger partial charge >= 0.3 is 12.0 Å². The number of nitrogens with two attached hydrogens (primary N) is 1. The number of ether oxygens (including phenoxy) is 2. The summed E-state index contributed by atoms with van der Waals surface area (Å²) < 4.78 is 9.43. The second-order valence-electron chi connectivity index (χ2n) is 2.76. The van der Waals surface area contributed by atoms with Gasteiger partial charge in [-0.15, -0.1) is 0 Å². The number of thiazole rings is 1. The van der Waals surface area contributed by atoms with Gasteiger partial charge in [0.2, 0.25) is 0 Å². The molecule has 0 aliphatic carbocycles. The predicted molar refractivity (Wildman–Crippen MR) is 57.1 cm³/mol. The molecule has 2 rings (SSSR count). The molecule has 0 fully saturated rings. The van der Waals surface area contributed by atoms with E-state index < -0.39 is 5.97 Å². The molecule has 0 amide bonds. The number of nitrogens with zero attached hydrogens (tertiary/aromatic N) is 3. The first kappa shape index (κ1) is 10.6. The number of hydrogen-bond donors (Lipinski definition) is 1. The monoisotopic (exact) mass is 240 g/mol. The summed E-state index contributed by atoms with van der Waals surface area (Å²) in [5.41, 5.74) is 6.11. The van der Waals surface area contributed by atoms with E-state index in [1.54, 1.807) is 0 Å². The number of aromatic nitrogens is 3. The summed E-state index contributed by atoms with van der Waals surface area (Å²) in [6.45, 7) is -0.226. The van der Waals surface area contributed by atoms with E-state index in [4.69, 9.17) is 10.5 Å². The van der Waals surface area contributed by atoms with E-state index in [1.807, 2.05) is 0 Å². The van der Waals surface area contributed by atoms with Crippen LogP contribution in [0.4, 0.5) is 5.13 Å². The van der Waals surface area contributed by atoms with Crippen LogP contribution in [0.1, 0.15) is 0 Å². The molecule has 7 nitrogen and oxygen atoms in total. The van der Waals surface area contributed by atoms with E-state index in [1.165, 1.54) is 24.6 Å². The maximum absolute atomic E-state index is 10.8. The Hall–Kier alpha value is -1.96. The van der Waals surface area contributed by atoms with E-state index >= 15 is 0 Å². The molecule has 2 aromatic heterocycles. The van der Waals surface area contributed by atoms with Crippen LogP contribution in [0.2, 0.25) is 0 Å². The van der Waals surface area contributed by atoms with Crippen LogP contribution in [0.5, 0.6) is 6.01 Å². The number of nitrogen functional groups attached to an aromatic ring is 1. The fourth-order valence-corrected chi connectivity index (χ4v) is 1.66. The highest BCUT2D eigenvalue weighted by molar-refractivity contribution is 7.21. The molecule has 0 aromatic carbocycles. The van der Waals surface area contributed by atoms with Gasteiger partial charge in [-0.1, -0.05) is 11.3 Å². The molecule has 0 spiro atoms. The number of carbonyl (C=O) groups is 1. The number of esters is 1. The number of methoxy groups -OCH3 is 1. The van der Waals surface area contributed by atoms with Crippen molar-refractivity contribution in [1.82, 2.24) is 15.0 Å². The largest absolute Gasteiger partial charge is 0.466 e. The summed E-state index contributed by atoms with van der Waals surface area (Å²) in [7, 11) is 1.28. The summed E-state index contributed by atoms with van der Waals surface area (Å²) >= 11 is 1.23. The molecular weight excluding hydrogens is 232 g/mol. The van der Waals surface area contributed by atoms with Crippen molar-refractivity contribution in [2.24, 2.45) is 0 Å². The maximum atomic E-state index is 10.8. The molecule has 0 saturated heterocycles. The van der Waals surface area contributed by atoms with Gasteiger partial charge in [0.15, 0.2) is 16.6 Å². The molecule has 0 atom stereocenters. The van der Waals surface area contributed by atoms with Gasteiger partial charge in [0.1, 0.15) is 5.52 Å². The van der Waals surface area contributed by atoms with E-state index in [0.29, 0.717) is 15.5 Å². The first-order valence-corrected chi connectivity index (χ1v) is 5.09. The fourth-order valence-electron chi connectivity index (χ4n) is 0.989. The van der Waals surface area contributed by atoms with Crippen molar-refractivity contribution in [3.8, 4) is 6.01 Å². The van der Waals surface area contributed by atoms with Gasteiger partial charge in [0, 0.05) is 0 Å². The Bertz CT molecular complexity index is 527. The Balaban J connectivity index is 2.16. The molecule has 0 bridgehead atoms. The molecule has 0 radical (unpaired) electrons. The van der Waals surface area contributed by atoms with Crippen LogP contribution in [0.3, 0.4) is 0 Å². The molecule has 2 aromatic rings. The van der Waals surface area contributed by atoms with E-state index in [2.05, 4.69) is 19.7 Å². The average Bonchev–Trinajstić information content (AvgIpc) is 2.65. The lowest BCUT2D eigenvalue weighted by molar-refractivity contribution is -0.143. The number of fused-ring (bicyclic) bond motifs is 1. The molecule has 0 unspecified atom stereocenters. The van der Waals surface area contributed by atoms with E-state index in [0.717, 1.165) is 0 Å². The van der Waals surface area contributed by atoms with Crippen LogP contribution in [-0.2, 0) is 9.53 Å². The Morgan fingerprint density at radius 2 is 2.38 bits per heavy atom. The average molecular weight is 240 g/mol. The Morgan fingerprint density at radius 3 is 3.12 bits per heavy atom. The molecule has 84 valence electrons. The third kappa shape index (κ3) is 2.16. The van der Waals surface area contributed by atoms with E-state index in [-0.39, 0.29) is 12.6 Å². The van der Waals surface area contributed by atoms with Crippen LogP contribution in [-0.4, -0.2) is 34.6 Å². The molecule has 0 aliphatic rings. The lowest BCUT2D eigenvalue weighted by Gasteiger charge is -2.01. The number of carbonyl (C=O) groups excluding carboxylic acids is 1. The van der Waals surface area contributed by atoms with Crippen LogP contribution in [0, 0.1) is 0 Å². The minimum absolute atomic E-state index is 0.0987. The first-order valence-electron chi connectivity index (χ1n) is 4.27. The normalized spacial score (nSPS) is 10.3. The van der Waals surface area contributed by atoms with Crippen LogP contribution < -0.4 is 10.5 Å². The van der Waals surface area contributed by atoms with Gasteiger partial charge in [-0.05, 0) is 0 Å². The zero-order chi connectivity index (χ0) is 11.5. The van der Waals surface area contributed by atoms with Crippen molar-refractivity contribution >= 4 is 32.8 Å². The summed E-state index contributed by atoms with van der Waals surface area (Å²) in [6.07, 6.45) is 1.49. The summed E-state index contributed by atoms with van der Waals surface area (Å²) in [5.74, 6) is -0.493. The summed E-state index contributed by atoms with van der Waals surface area (Å²) in [4.78, 5) is 23.3. The number of anilines is 1. The van der Waals surface area contributed by atoms with Crippen LogP contribution >= 0.6 is 11.3 Å². The number of rotatable bonds is 3. The van der Waals surface area contributed by atoms with Gasteiger partial charge in [-0.2, -0.15) is 4.98 Å². The molecule has 2 heterocycles. The topological polar surface area (TPSA) is 100 Å². The van der Waals surface area contributed by atoms with Gasteiger partial charge in [-0.25, -0.2) is 14.8 Å². The van der Waals surface area contributed by atoms with Crippen molar-refractivity contribution in [2.75, 3.05) is 19.5 Å². The van der Waals surface area contributed by atoms with Crippen LogP contribution in [0.15, 0.2) is 6.20 Å². The number of hydrogen-bond acceptors (Lipinski definition) is 8. The molecule has 16 heavy (non-hydrogen) atoms. The van der Waals surface area contributed by atoms with Gasteiger partial charge in [-0.3, -0.25) is 0 Å². The SMILES string of the molecule is COC(=O)COc1ncc2nc(N)sc2n1. The summed E-state index contributed by atoms with van der Waals surface area (Å²) in [5, 5.41) is 0.411. The Morgan fingerprint density at radius 1 is 1.56 bits per heavy atom. The third-order valence-corrected chi connectivity index (χ3v) is 2.49. The highest BCUT2D eigenvalue weighted by Gasteiger charge is 2.07. The van der Waals surface area contributed by atoms with Crippen molar-refractivity contribution in [3.63, 3.8) is 0 Å². The fraction of sp³-hybridized carbons (Fsp3) is 0.250. The first-order chi connectivity index (χ1) is 7.69. The van der Waals surface area contributed by atoms with Gasteiger partial charge in [0.05, 0.1) is 13.3 Å². The van der Waals surface area contributed by atoms with Crippen molar-refractivity contribution in [2.45, 2.75) is 0 Å². The second-order valence-corrected chi connectivity index (χ2v) is 3.77. The molecular formula is C8H8N4O3S. The van der Waals surface area contributed by atoms with Crippen molar-refractivity contribution < 1.29 is 14.3 Å². The third-order valence-electron chi connectivity index (χ3n) is 1.69. The van der Waals surface area contributed by atoms with Crippen molar-refractivity contribution in [1.29, 1.82) is 0 Å². The molecule has 0 saturated carbocycles. The van der Waals surface area contributed by atoms with Gasteiger partial charge in [0.25, 0.3) is 0 Å². The minimum atomic E-state index is -0.493. The van der Waals surface area contributed by atoms with Crippen molar-refractivity contribution in [3.05, 3.63) is 6.20 Å². The lowest BCUT2D eigenvalue weighted by Crippen LogP contribution is -2.13. The minimum Gasteiger partial charge on any atom is -0.466 e. The smallest absolute Gasteiger partial charge is 0.344 e. The Labute approximate surface area is 94.2 Å². The van der Waals surface area contributed by atoms with Crippen LogP contribution in [0.25, 0.3) is 10.3 Å². The van der Waals surface area contributed by atoms with Gasteiger partial charge < -0.3 is 15.2 Å². The highest BCUT2D eigenvalue weighted by Crippen LogP contribution is 2.22. The summed E-state index contributed by atoms with van der Waals surface area (Å²) in [6, 6.07) is 0.0987. The Kier molecular flexibility index (Phi) is 2.82. The second kappa shape index (κ2) is 4.27. The molecule has 2 N–H and O–H groups in total. The molecule has 8 heteroatoms. The lowest BCUT2D eigenvalue weighted by atomic mass is 10.6. The molecule has 0 aliphatic heterocycles. The standard InChI is InChI=1S/C8H8N4O3S/c1-14-5(13)3-15-8-10-2-4-6(12-8)16-7(9)11-4/h2H,3H2,1H3,(H2,9,11).